The Hall–Kier alpha value is -3.87. The largest absolute Gasteiger partial charge is 0.508 e. The zero-order chi connectivity index (χ0) is 27.3. The standard InChI is InChI=1S/C23H37N7O6/c1-13(2)10-18(22(35)36)30-21(34)17(11-14-5-7-15(31)8-6-14)29-19(32)12-28-20(33)16(24)4-3-9-27-23(25)26/h5-8,13,16-18,31H,3-4,9-12,24H2,1-2H3,(H,28,33)(H,29,32)(H,30,34)(H,35,36)(H4,25,26,27). The molecule has 36 heavy (non-hydrogen) atoms. The molecule has 0 heterocycles. The fourth-order valence-corrected chi connectivity index (χ4v) is 3.24. The first-order valence-electron chi connectivity index (χ1n) is 11.6. The summed E-state index contributed by atoms with van der Waals surface area (Å²) in [5.41, 5.74) is 16.9. The maximum Gasteiger partial charge on any atom is 0.326 e. The molecule has 0 aromatic heterocycles. The van der Waals surface area contributed by atoms with Crippen LogP contribution >= 0.6 is 0 Å². The van der Waals surface area contributed by atoms with Gasteiger partial charge in [-0.2, -0.15) is 0 Å². The van der Waals surface area contributed by atoms with Crippen LogP contribution in [0.2, 0.25) is 0 Å². The number of phenols is 1. The second kappa shape index (κ2) is 15.2. The predicted molar refractivity (Wildman–Crippen MR) is 134 cm³/mol. The van der Waals surface area contributed by atoms with E-state index in [9.17, 15) is 29.4 Å². The summed E-state index contributed by atoms with van der Waals surface area (Å²) < 4.78 is 0. The van der Waals surface area contributed by atoms with E-state index in [-0.39, 0.29) is 30.5 Å². The number of carbonyl (C=O) groups is 4. The van der Waals surface area contributed by atoms with Crippen LogP contribution in [-0.2, 0) is 25.6 Å². The molecule has 0 radical (unpaired) electrons. The molecule has 200 valence electrons. The summed E-state index contributed by atoms with van der Waals surface area (Å²) >= 11 is 0. The molecule has 1 rings (SSSR count). The Kier molecular flexibility index (Phi) is 12.7. The Balaban J connectivity index is 2.78. The number of nitrogens with two attached hydrogens (primary N) is 3. The van der Waals surface area contributed by atoms with Gasteiger partial charge in [0, 0.05) is 13.0 Å². The second-order valence-corrected chi connectivity index (χ2v) is 8.79. The minimum Gasteiger partial charge on any atom is -0.508 e. The number of amides is 3. The lowest BCUT2D eigenvalue weighted by molar-refractivity contribution is -0.142. The van der Waals surface area contributed by atoms with Gasteiger partial charge in [0.1, 0.15) is 17.8 Å². The van der Waals surface area contributed by atoms with Crippen molar-refractivity contribution in [2.24, 2.45) is 28.1 Å². The smallest absolute Gasteiger partial charge is 0.326 e. The first kappa shape index (κ1) is 30.2. The third kappa shape index (κ3) is 12.0. The average molecular weight is 508 g/mol. The fraction of sp³-hybridized carbons (Fsp3) is 0.522. The fourth-order valence-electron chi connectivity index (χ4n) is 3.24. The van der Waals surface area contributed by atoms with Gasteiger partial charge in [-0.1, -0.05) is 26.0 Å². The number of hydrogen-bond donors (Lipinski definition) is 8. The Morgan fingerprint density at radius 3 is 2.19 bits per heavy atom. The van der Waals surface area contributed by atoms with Crippen molar-refractivity contribution in [2.75, 3.05) is 13.1 Å². The number of benzene rings is 1. The molecule has 0 fully saturated rings. The van der Waals surface area contributed by atoms with E-state index in [1.165, 1.54) is 12.1 Å². The Morgan fingerprint density at radius 1 is 1.00 bits per heavy atom. The Bertz CT molecular complexity index is 916. The molecule has 3 unspecified atom stereocenters. The van der Waals surface area contributed by atoms with Crippen molar-refractivity contribution >= 4 is 29.7 Å². The van der Waals surface area contributed by atoms with Gasteiger partial charge in [-0.25, -0.2) is 4.79 Å². The average Bonchev–Trinajstić information content (AvgIpc) is 2.80. The lowest BCUT2D eigenvalue weighted by atomic mass is 10.0. The topological polar surface area (TPSA) is 235 Å². The van der Waals surface area contributed by atoms with Crippen LogP contribution in [0, 0.1) is 5.92 Å². The zero-order valence-electron chi connectivity index (χ0n) is 20.6. The highest BCUT2D eigenvalue weighted by Crippen LogP contribution is 2.12. The summed E-state index contributed by atoms with van der Waals surface area (Å²) in [6.07, 6.45) is 0.999. The molecule has 0 saturated carbocycles. The third-order valence-corrected chi connectivity index (χ3v) is 5.08. The number of carbonyl (C=O) groups excluding carboxylic acids is 3. The van der Waals surface area contributed by atoms with Crippen molar-refractivity contribution in [2.45, 2.75) is 57.7 Å². The van der Waals surface area contributed by atoms with E-state index in [0.717, 1.165) is 0 Å². The van der Waals surface area contributed by atoms with E-state index < -0.39 is 48.4 Å². The van der Waals surface area contributed by atoms with Crippen LogP contribution in [0.25, 0.3) is 0 Å². The van der Waals surface area contributed by atoms with Gasteiger partial charge in [0.15, 0.2) is 5.96 Å². The molecule has 0 aliphatic rings. The number of rotatable bonds is 15. The van der Waals surface area contributed by atoms with Crippen LogP contribution < -0.4 is 33.2 Å². The van der Waals surface area contributed by atoms with E-state index >= 15 is 0 Å². The lowest BCUT2D eigenvalue weighted by Gasteiger charge is -2.23. The monoisotopic (exact) mass is 507 g/mol. The molecule has 0 saturated heterocycles. The van der Waals surface area contributed by atoms with Crippen LogP contribution in [0.3, 0.4) is 0 Å². The quantitative estimate of drug-likeness (QED) is 0.0784. The van der Waals surface area contributed by atoms with Gasteiger partial charge in [0.25, 0.3) is 0 Å². The maximum absolute atomic E-state index is 12.9. The van der Waals surface area contributed by atoms with Crippen molar-refractivity contribution in [1.29, 1.82) is 0 Å². The normalized spacial score (nSPS) is 13.2. The van der Waals surface area contributed by atoms with E-state index in [1.807, 2.05) is 13.8 Å². The molecule has 13 nitrogen and oxygen atoms in total. The van der Waals surface area contributed by atoms with Crippen LogP contribution in [-0.4, -0.2) is 71.1 Å². The molecular formula is C23H37N7O6. The lowest BCUT2D eigenvalue weighted by Crippen LogP contribution is -2.54. The number of carboxylic acids is 1. The molecule has 1 aromatic carbocycles. The number of aliphatic carboxylic acids is 1. The summed E-state index contributed by atoms with van der Waals surface area (Å²) in [5.74, 6) is -3.11. The van der Waals surface area contributed by atoms with E-state index in [4.69, 9.17) is 17.2 Å². The summed E-state index contributed by atoms with van der Waals surface area (Å²) in [6, 6.07) is 2.88. The van der Waals surface area contributed by atoms with Crippen molar-refractivity contribution in [1.82, 2.24) is 16.0 Å². The molecule has 0 aliphatic carbocycles. The van der Waals surface area contributed by atoms with Gasteiger partial charge < -0.3 is 43.4 Å². The van der Waals surface area contributed by atoms with Crippen molar-refractivity contribution < 1.29 is 29.4 Å². The third-order valence-electron chi connectivity index (χ3n) is 5.08. The molecule has 3 atom stereocenters. The highest BCUT2D eigenvalue weighted by molar-refractivity contribution is 5.92. The number of phenolic OH excluding ortho intramolecular Hbond substituents is 1. The first-order chi connectivity index (χ1) is 16.9. The zero-order valence-corrected chi connectivity index (χ0v) is 20.6. The molecule has 1 aromatic rings. The van der Waals surface area contributed by atoms with Gasteiger partial charge >= 0.3 is 5.97 Å². The summed E-state index contributed by atoms with van der Waals surface area (Å²) in [4.78, 5) is 53.0. The summed E-state index contributed by atoms with van der Waals surface area (Å²) in [6.45, 7) is 3.53. The van der Waals surface area contributed by atoms with E-state index in [2.05, 4.69) is 20.9 Å². The highest BCUT2D eigenvalue weighted by Gasteiger charge is 2.27. The first-order valence-corrected chi connectivity index (χ1v) is 11.6. The predicted octanol–water partition coefficient (Wildman–Crippen LogP) is -1.47. The molecule has 13 heteroatoms. The van der Waals surface area contributed by atoms with Gasteiger partial charge in [0.2, 0.25) is 17.7 Å². The van der Waals surface area contributed by atoms with Crippen LogP contribution in [0.1, 0.15) is 38.7 Å². The van der Waals surface area contributed by atoms with Gasteiger partial charge in [-0.15, -0.1) is 0 Å². The number of guanidine groups is 1. The van der Waals surface area contributed by atoms with Crippen LogP contribution in [0.4, 0.5) is 0 Å². The van der Waals surface area contributed by atoms with Crippen molar-refractivity contribution in [3.05, 3.63) is 29.8 Å². The second-order valence-electron chi connectivity index (χ2n) is 8.79. The van der Waals surface area contributed by atoms with Gasteiger partial charge in [-0.05, 0) is 42.9 Å². The Labute approximate surface area is 209 Å². The number of aromatic hydroxyl groups is 1. The molecular weight excluding hydrogens is 470 g/mol. The minimum atomic E-state index is -1.19. The number of nitrogens with zero attached hydrogens (tertiary/aromatic N) is 1. The number of hydrogen-bond acceptors (Lipinski definition) is 7. The SMILES string of the molecule is CC(C)CC(NC(=O)C(Cc1ccc(O)cc1)NC(=O)CNC(=O)C(N)CCCN=C(N)N)C(=O)O. The van der Waals surface area contributed by atoms with E-state index in [1.54, 1.807) is 12.1 Å². The minimum absolute atomic E-state index is 0.00965. The van der Waals surface area contributed by atoms with Crippen LogP contribution in [0.5, 0.6) is 5.75 Å². The number of aliphatic imine (C=N–C) groups is 1. The summed E-state index contributed by atoms with van der Waals surface area (Å²) in [5, 5.41) is 26.3. The molecule has 0 bridgehead atoms. The Morgan fingerprint density at radius 2 is 1.64 bits per heavy atom. The van der Waals surface area contributed by atoms with Crippen molar-refractivity contribution in [3.8, 4) is 5.75 Å². The maximum atomic E-state index is 12.9. The number of nitrogens with one attached hydrogen (secondary N) is 3. The van der Waals surface area contributed by atoms with Crippen molar-refractivity contribution in [3.63, 3.8) is 0 Å². The summed E-state index contributed by atoms with van der Waals surface area (Å²) in [7, 11) is 0. The molecule has 3 amide bonds. The molecule has 0 aliphatic heterocycles. The number of carboxylic acid groups (broad SMARTS) is 1. The van der Waals surface area contributed by atoms with Gasteiger partial charge in [0.05, 0.1) is 12.6 Å². The van der Waals surface area contributed by atoms with Crippen LogP contribution in [0.15, 0.2) is 29.3 Å². The molecule has 11 N–H and O–H groups in total. The highest BCUT2D eigenvalue weighted by atomic mass is 16.4. The molecule has 0 spiro atoms. The van der Waals surface area contributed by atoms with Gasteiger partial charge in [-0.3, -0.25) is 19.4 Å². The van der Waals surface area contributed by atoms with E-state index in [0.29, 0.717) is 24.9 Å².